The van der Waals surface area contributed by atoms with Crippen molar-refractivity contribution in [2.45, 2.75) is 18.4 Å². The minimum Gasteiger partial charge on any atom is -0.313 e. The van der Waals surface area contributed by atoms with Crippen LogP contribution in [0.4, 0.5) is 5.13 Å². The third-order valence-corrected chi connectivity index (χ3v) is 4.49. The molecule has 0 amide bonds. The van der Waals surface area contributed by atoms with E-state index in [-0.39, 0.29) is 5.78 Å². The highest BCUT2D eigenvalue weighted by Crippen LogP contribution is 2.29. The lowest BCUT2D eigenvalue weighted by Gasteiger charge is -2.12. The Labute approximate surface area is 130 Å². The molecule has 0 aliphatic carbocycles. The lowest BCUT2D eigenvalue weighted by Crippen LogP contribution is -2.25. The molecule has 0 aromatic carbocycles. The van der Waals surface area contributed by atoms with Gasteiger partial charge in [0.1, 0.15) is 5.03 Å². The molecular weight excluding hydrogens is 304 g/mol. The van der Waals surface area contributed by atoms with E-state index in [9.17, 15) is 4.79 Å². The van der Waals surface area contributed by atoms with Crippen molar-refractivity contribution in [3.63, 3.8) is 0 Å². The fraction of sp³-hybridized carbons (Fsp3) is 0.143. The summed E-state index contributed by atoms with van der Waals surface area (Å²) in [6.07, 6.45) is 3.77. The van der Waals surface area contributed by atoms with Gasteiger partial charge in [-0.1, -0.05) is 17.8 Å². The van der Waals surface area contributed by atoms with Gasteiger partial charge in [-0.15, -0.1) is 11.3 Å². The molecule has 0 atom stereocenters. The predicted molar refractivity (Wildman–Crippen MR) is 85.7 cm³/mol. The van der Waals surface area contributed by atoms with Crippen molar-refractivity contribution >= 4 is 39.8 Å². The van der Waals surface area contributed by atoms with Gasteiger partial charge >= 0.3 is 0 Å². The molecule has 0 spiro atoms. The van der Waals surface area contributed by atoms with Gasteiger partial charge in [0.25, 0.3) is 0 Å². The summed E-state index contributed by atoms with van der Waals surface area (Å²) in [5, 5.41) is 6.45. The first kappa shape index (κ1) is 14.0. The molecule has 0 fully saturated rings. The molecule has 1 aliphatic heterocycles. The zero-order valence-electron chi connectivity index (χ0n) is 11.2. The molecule has 0 saturated heterocycles. The monoisotopic (exact) mass is 316 g/mol. The largest absolute Gasteiger partial charge is 0.313 e. The smallest absolute Gasteiger partial charge is 0.203 e. The number of ketones is 1. The summed E-state index contributed by atoms with van der Waals surface area (Å²) in [4.78, 5) is 25.7. The molecule has 21 heavy (non-hydrogen) atoms. The summed E-state index contributed by atoms with van der Waals surface area (Å²) < 4.78 is 0. The van der Waals surface area contributed by atoms with E-state index >= 15 is 0 Å². The molecule has 0 bridgehead atoms. The van der Waals surface area contributed by atoms with Crippen molar-refractivity contribution in [3.05, 3.63) is 46.6 Å². The number of anilines is 1. The number of Topliss-reactive ketones (excluding diaryl/α,β-unsaturated/α-hetero) is 1. The van der Waals surface area contributed by atoms with Crippen LogP contribution < -0.4 is 5.32 Å². The summed E-state index contributed by atoms with van der Waals surface area (Å²) in [7, 11) is 0. The van der Waals surface area contributed by atoms with E-state index in [1.54, 1.807) is 12.4 Å². The van der Waals surface area contributed by atoms with Crippen LogP contribution in [0.25, 0.3) is 0 Å². The normalized spacial score (nSPS) is 14.6. The Bertz CT molecular complexity index is 722. The van der Waals surface area contributed by atoms with E-state index in [0.29, 0.717) is 17.4 Å². The van der Waals surface area contributed by atoms with E-state index in [2.05, 4.69) is 20.3 Å². The second-order valence-electron chi connectivity index (χ2n) is 4.36. The number of aromatic nitrogens is 2. The van der Waals surface area contributed by atoms with Crippen LogP contribution in [0, 0.1) is 6.92 Å². The number of hydrogen-bond donors (Lipinski definition) is 1. The first-order valence-corrected chi connectivity index (χ1v) is 7.98. The molecule has 3 heterocycles. The Balaban J connectivity index is 1.71. The van der Waals surface area contributed by atoms with Crippen LogP contribution in [0.2, 0.25) is 0 Å². The summed E-state index contributed by atoms with van der Waals surface area (Å²) in [6.45, 7) is 1.91. The van der Waals surface area contributed by atoms with Gasteiger partial charge in [0.05, 0.1) is 5.69 Å². The van der Waals surface area contributed by atoms with E-state index < -0.39 is 0 Å². The number of aryl methyl sites for hydroxylation is 1. The van der Waals surface area contributed by atoms with Crippen LogP contribution in [0.5, 0.6) is 0 Å². The van der Waals surface area contributed by atoms with Gasteiger partial charge in [-0.05, 0) is 19.1 Å². The number of thiazole rings is 1. The van der Waals surface area contributed by atoms with Crippen molar-refractivity contribution in [3.8, 4) is 0 Å². The minimum atomic E-state index is -0.0382. The second-order valence-corrected chi connectivity index (χ2v) is 6.37. The summed E-state index contributed by atoms with van der Waals surface area (Å²) >= 11 is 2.92. The average molecular weight is 316 g/mol. The summed E-state index contributed by atoms with van der Waals surface area (Å²) in [5.41, 5.74) is 0.924. The summed E-state index contributed by atoms with van der Waals surface area (Å²) in [6, 6.07) is 5.69. The van der Waals surface area contributed by atoms with E-state index in [1.807, 2.05) is 30.5 Å². The maximum Gasteiger partial charge on any atom is 0.203 e. The molecule has 0 unspecified atom stereocenters. The Morgan fingerprint density at radius 2 is 2.29 bits per heavy atom. The molecule has 0 radical (unpaired) electrons. The van der Waals surface area contributed by atoms with Gasteiger partial charge in [0, 0.05) is 29.1 Å². The molecule has 2 aromatic rings. The third-order valence-electron chi connectivity index (χ3n) is 2.65. The zero-order valence-corrected chi connectivity index (χ0v) is 12.9. The van der Waals surface area contributed by atoms with Crippen molar-refractivity contribution in [1.29, 1.82) is 0 Å². The van der Waals surface area contributed by atoms with Gasteiger partial charge < -0.3 is 5.32 Å². The van der Waals surface area contributed by atoms with Gasteiger partial charge in [0.15, 0.2) is 11.0 Å². The number of pyridine rings is 1. The zero-order chi connectivity index (χ0) is 14.7. The lowest BCUT2D eigenvalue weighted by molar-refractivity contribution is -0.112. The number of nitrogens with zero attached hydrogens (tertiary/aromatic N) is 3. The number of thioether (sulfide) groups is 1. The van der Waals surface area contributed by atoms with Crippen LogP contribution in [0.3, 0.4) is 0 Å². The van der Waals surface area contributed by atoms with Crippen LogP contribution in [-0.2, 0) is 4.79 Å². The first-order chi connectivity index (χ1) is 10.2. The highest BCUT2D eigenvalue weighted by Gasteiger charge is 2.19. The molecule has 2 aromatic heterocycles. The van der Waals surface area contributed by atoms with Crippen molar-refractivity contribution in [2.75, 3.05) is 5.32 Å². The molecule has 106 valence electrons. The Morgan fingerprint density at radius 1 is 1.38 bits per heavy atom. The quantitative estimate of drug-likeness (QED) is 0.941. The van der Waals surface area contributed by atoms with Crippen molar-refractivity contribution in [1.82, 2.24) is 9.97 Å². The Hall–Kier alpha value is -1.99. The first-order valence-electron chi connectivity index (χ1n) is 6.29. The van der Waals surface area contributed by atoms with Crippen LogP contribution >= 0.6 is 23.1 Å². The van der Waals surface area contributed by atoms with Gasteiger partial charge in [-0.25, -0.2) is 15.0 Å². The molecule has 0 saturated carbocycles. The fourth-order valence-electron chi connectivity index (χ4n) is 1.72. The topological polar surface area (TPSA) is 67.2 Å². The van der Waals surface area contributed by atoms with E-state index in [4.69, 9.17) is 0 Å². The van der Waals surface area contributed by atoms with E-state index in [0.717, 1.165) is 15.6 Å². The number of rotatable bonds is 3. The van der Waals surface area contributed by atoms with Gasteiger partial charge in [0.2, 0.25) is 5.78 Å². The minimum absolute atomic E-state index is 0.0382. The highest BCUT2D eigenvalue weighted by molar-refractivity contribution is 8.03. The highest BCUT2D eigenvalue weighted by atomic mass is 32.2. The number of carbonyl (C=O) groups excluding carboxylic acids is 1. The number of amidine groups is 1. The maximum absolute atomic E-state index is 12.1. The van der Waals surface area contributed by atoms with Gasteiger partial charge in [-0.3, -0.25) is 4.79 Å². The number of hydrogen-bond acceptors (Lipinski definition) is 7. The molecule has 7 heteroatoms. The number of allylic oxidation sites excluding steroid dienone is 1. The number of carbonyl (C=O) groups is 1. The van der Waals surface area contributed by atoms with Crippen LogP contribution in [0.1, 0.15) is 12.1 Å². The van der Waals surface area contributed by atoms with Crippen LogP contribution in [0.15, 0.2) is 50.9 Å². The Kier molecular flexibility index (Phi) is 4.12. The lowest BCUT2D eigenvalue weighted by atomic mass is 10.2. The molecule has 3 rings (SSSR count). The average Bonchev–Trinajstić information content (AvgIpc) is 2.88. The molecule has 1 aliphatic rings. The summed E-state index contributed by atoms with van der Waals surface area (Å²) in [5.74, 6) is 0.304. The fourth-order valence-corrected chi connectivity index (χ4v) is 3.24. The molecule has 1 N–H and O–H groups in total. The third kappa shape index (κ3) is 3.56. The standard InChI is InChI=1S/C14H12N4OS2/c1-9-8-20-14(17-9)18-13-11(19)6-10(7-16-13)21-12-4-2-3-5-15-12/h2-5,7-8H,6H2,1H3,(H,16,17,18). The van der Waals surface area contributed by atoms with Gasteiger partial charge in [-0.2, -0.15) is 0 Å². The number of nitrogens with one attached hydrogen (secondary N) is 1. The number of aliphatic imine (C=N–C) groups is 1. The maximum atomic E-state index is 12.1. The Morgan fingerprint density at radius 3 is 2.95 bits per heavy atom. The van der Waals surface area contributed by atoms with Crippen molar-refractivity contribution in [2.24, 2.45) is 4.99 Å². The molecule has 5 nitrogen and oxygen atoms in total. The molecular formula is C14H12N4OS2. The predicted octanol–water partition coefficient (Wildman–Crippen LogP) is 3.26. The second kappa shape index (κ2) is 6.19. The SMILES string of the molecule is Cc1csc(NC2=NC=C(Sc3ccccn3)CC2=O)n1. The van der Waals surface area contributed by atoms with Crippen LogP contribution in [-0.4, -0.2) is 21.6 Å². The van der Waals surface area contributed by atoms with Crippen molar-refractivity contribution < 1.29 is 4.79 Å². The van der Waals surface area contributed by atoms with E-state index in [1.165, 1.54) is 23.1 Å².